The van der Waals surface area contributed by atoms with Gasteiger partial charge < -0.3 is 16.0 Å². The van der Waals surface area contributed by atoms with Crippen molar-refractivity contribution in [3.8, 4) is 0 Å². The van der Waals surface area contributed by atoms with Crippen molar-refractivity contribution in [2.75, 3.05) is 18.4 Å². The lowest BCUT2D eigenvalue weighted by molar-refractivity contribution is -0.137. The fourth-order valence-corrected chi connectivity index (χ4v) is 1.83. The predicted octanol–water partition coefficient (Wildman–Crippen LogP) is 2.97. The number of rotatable bonds is 6. The fraction of sp³-hybridized carbons (Fsp3) is 0.500. The Morgan fingerprint density at radius 2 is 2.00 bits per heavy atom. The lowest BCUT2D eigenvalue weighted by atomic mass is 10.2. The molecule has 2 rings (SSSR count). The number of amides is 2. The first-order valence-corrected chi connectivity index (χ1v) is 6.90. The van der Waals surface area contributed by atoms with Crippen LogP contribution in [0.4, 0.5) is 23.7 Å². The molecule has 1 aliphatic carbocycles. The zero-order chi connectivity index (χ0) is 15.3. The van der Waals surface area contributed by atoms with E-state index in [9.17, 15) is 18.0 Å². The molecule has 0 saturated heterocycles. The number of anilines is 1. The van der Waals surface area contributed by atoms with Gasteiger partial charge in [0, 0.05) is 18.3 Å². The molecular formula is C14H18F3N3O. The third-order valence-corrected chi connectivity index (χ3v) is 3.10. The van der Waals surface area contributed by atoms with Gasteiger partial charge in [0.25, 0.3) is 0 Å². The zero-order valence-electron chi connectivity index (χ0n) is 11.5. The molecule has 0 bridgehead atoms. The van der Waals surface area contributed by atoms with Crippen LogP contribution in [0.3, 0.4) is 0 Å². The molecule has 0 atom stereocenters. The molecule has 0 radical (unpaired) electrons. The number of urea groups is 1. The van der Waals surface area contributed by atoms with Crippen molar-refractivity contribution < 1.29 is 18.0 Å². The first kappa shape index (κ1) is 15.6. The van der Waals surface area contributed by atoms with Crippen molar-refractivity contribution in [1.29, 1.82) is 0 Å². The average molecular weight is 301 g/mol. The lowest BCUT2D eigenvalue weighted by Crippen LogP contribution is -2.31. The molecule has 1 aromatic rings. The van der Waals surface area contributed by atoms with E-state index in [-0.39, 0.29) is 5.69 Å². The van der Waals surface area contributed by atoms with Gasteiger partial charge in [0.2, 0.25) is 0 Å². The zero-order valence-corrected chi connectivity index (χ0v) is 11.5. The number of hydrogen-bond donors (Lipinski definition) is 3. The molecule has 0 spiro atoms. The summed E-state index contributed by atoms with van der Waals surface area (Å²) < 4.78 is 37.6. The number of benzene rings is 1. The lowest BCUT2D eigenvalue weighted by Gasteiger charge is -2.10. The van der Waals surface area contributed by atoms with E-state index in [0.717, 1.165) is 25.1 Å². The van der Waals surface area contributed by atoms with Crippen LogP contribution in [0.2, 0.25) is 0 Å². The highest BCUT2D eigenvalue weighted by Gasteiger charge is 2.30. The Hall–Kier alpha value is -1.76. The molecule has 7 heteroatoms. The maximum atomic E-state index is 12.5. The van der Waals surface area contributed by atoms with Gasteiger partial charge >= 0.3 is 12.2 Å². The van der Waals surface area contributed by atoms with Crippen LogP contribution in [-0.2, 0) is 6.18 Å². The van der Waals surface area contributed by atoms with Gasteiger partial charge in [0.15, 0.2) is 0 Å². The molecule has 0 heterocycles. The van der Waals surface area contributed by atoms with Gasteiger partial charge in [-0.2, -0.15) is 13.2 Å². The standard InChI is InChI=1S/C14H18F3N3O/c15-14(16,17)10-3-1-4-12(9-10)20-13(21)19-8-2-7-18-11-5-6-11/h1,3-4,9,11,18H,2,5-8H2,(H2,19,20,21). The van der Waals surface area contributed by atoms with Crippen molar-refractivity contribution in [1.82, 2.24) is 10.6 Å². The smallest absolute Gasteiger partial charge is 0.338 e. The molecular weight excluding hydrogens is 283 g/mol. The summed E-state index contributed by atoms with van der Waals surface area (Å²) in [5.74, 6) is 0. The Morgan fingerprint density at radius 3 is 2.67 bits per heavy atom. The Kier molecular flexibility index (Phi) is 5.06. The summed E-state index contributed by atoms with van der Waals surface area (Å²) >= 11 is 0. The molecule has 3 N–H and O–H groups in total. The summed E-state index contributed by atoms with van der Waals surface area (Å²) in [6.45, 7) is 1.30. The van der Waals surface area contributed by atoms with E-state index < -0.39 is 17.8 Å². The van der Waals surface area contributed by atoms with E-state index in [4.69, 9.17) is 0 Å². The highest BCUT2D eigenvalue weighted by molar-refractivity contribution is 5.89. The van der Waals surface area contributed by atoms with Crippen LogP contribution >= 0.6 is 0 Å². The first-order valence-electron chi connectivity index (χ1n) is 6.90. The van der Waals surface area contributed by atoms with Crippen molar-refractivity contribution in [3.63, 3.8) is 0 Å². The quantitative estimate of drug-likeness (QED) is 0.708. The molecule has 2 amide bonds. The number of carbonyl (C=O) groups excluding carboxylic acids is 1. The number of alkyl halides is 3. The average Bonchev–Trinajstić information content (AvgIpc) is 3.22. The second kappa shape index (κ2) is 6.80. The van der Waals surface area contributed by atoms with Gasteiger partial charge in [-0.3, -0.25) is 0 Å². The van der Waals surface area contributed by atoms with E-state index in [0.29, 0.717) is 12.6 Å². The predicted molar refractivity (Wildman–Crippen MR) is 74.1 cm³/mol. The Balaban J connectivity index is 1.71. The van der Waals surface area contributed by atoms with E-state index >= 15 is 0 Å². The Morgan fingerprint density at radius 1 is 1.24 bits per heavy atom. The minimum Gasteiger partial charge on any atom is -0.338 e. The highest BCUT2D eigenvalue weighted by atomic mass is 19.4. The minimum atomic E-state index is -4.41. The summed E-state index contributed by atoms with van der Waals surface area (Å²) in [4.78, 5) is 11.6. The van der Waals surface area contributed by atoms with Crippen LogP contribution in [0, 0.1) is 0 Å². The van der Waals surface area contributed by atoms with Crippen LogP contribution in [0.25, 0.3) is 0 Å². The Bertz CT molecular complexity index is 487. The molecule has 0 aliphatic heterocycles. The second-order valence-corrected chi connectivity index (χ2v) is 5.04. The van der Waals surface area contributed by atoms with Gasteiger partial charge in [-0.05, 0) is 44.0 Å². The third kappa shape index (κ3) is 5.63. The van der Waals surface area contributed by atoms with Crippen LogP contribution < -0.4 is 16.0 Å². The molecule has 1 aromatic carbocycles. The molecule has 1 saturated carbocycles. The first-order chi connectivity index (χ1) is 9.95. The summed E-state index contributed by atoms with van der Waals surface area (Å²) in [5, 5.41) is 8.32. The molecule has 1 aliphatic rings. The molecule has 0 unspecified atom stereocenters. The number of nitrogens with one attached hydrogen (secondary N) is 3. The molecule has 0 aromatic heterocycles. The summed E-state index contributed by atoms with van der Waals surface area (Å²) in [6, 6.07) is 4.69. The summed E-state index contributed by atoms with van der Waals surface area (Å²) in [7, 11) is 0. The molecule has 21 heavy (non-hydrogen) atoms. The van der Waals surface area contributed by atoms with Crippen molar-refractivity contribution in [2.24, 2.45) is 0 Å². The van der Waals surface area contributed by atoms with Crippen molar-refractivity contribution in [2.45, 2.75) is 31.5 Å². The normalized spacial score (nSPS) is 14.8. The van der Waals surface area contributed by atoms with Crippen LogP contribution in [0.5, 0.6) is 0 Å². The largest absolute Gasteiger partial charge is 0.416 e. The van der Waals surface area contributed by atoms with Crippen molar-refractivity contribution >= 4 is 11.7 Å². The van der Waals surface area contributed by atoms with Crippen LogP contribution in [-0.4, -0.2) is 25.2 Å². The molecule has 4 nitrogen and oxygen atoms in total. The van der Waals surface area contributed by atoms with Crippen LogP contribution in [0.1, 0.15) is 24.8 Å². The van der Waals surface area contributed by atoms with E-state index in [1.165, 1.54) is 25.0 Å². The molecule has 1 fully saturated rings. The number of hydrogen-bond acceptors (Lipinski definition) is 2. The SMILES string of the molecule is O=C(NCCCNC1CC1)Nc1cccc(C(F)(F)F)c1. The van der Waals surface area contributed by atoms with Gasteiger partial charge in [0.05, 0.1) is 5.56 Å². The fourth-order valence-electron chi connectivity index (χ4n) is 1.83. The minimum absolute atomic E-state index is 0.124. The summed E-state index contributed by atoms with van der Waals surface area (Å²) in [6.07, 6.45) is -1.21. The monoisotopic (exact) mass is 301 g/mol. The maximum Gasteiger partial charge on any atom is 0.416 e. The highest BCUT2D eigenvalue weighted by Crippen LogP contribution is 2.30. The maximum absolute atomic E-state index is 12.5. The van der Waals surface area contributed by atoms with Gasteiger partial charge in [-0.25, -0.2) is 4.79 Å². The number of carbonyl (C=O) groups is 1. The topological polar surface area (TPSA) is 53.2 Å². The Labute approximate surface area is 121 Å². The van der Waals surface area contributed by atoms with Gasteiger partial charge in [-0.1, -0.05) is 6.07 Å². The van der Waals surface area contributed by atoms with Crippen molar-refractivity contribution in [3.05, 3.63) is 29.8 Å². The van der Waals surface area contributed by atoms with E-state index in [1.54, 1.807) is 0 Å². The van der Waals surface area contributed by atoms with Gasteiger partial charge in [0.1, 0.15) is 0 Å². The second-order valence-electron chi connectivity index (χ2n) is 5.04. The number of halogens is 3. The summed E-state index contributed by atoms with van der Waals surface area (Å²) in [5.41, 5.74) is -0.660. The van der Waals surface area contributed by atoms with Gasteiger partial charge in [-0.15, -0.1) is 0 Å². The van der Waals surface area contributed by atoms with E-state index in [1.807, 2.05) is 0 Å². The van der Waals surface area contributed by atoms with Crippen LogP contribution in [0.15, 0.2) is 24.3 Å². The molecule has 116 valence electrons. The third-order valence-electron chi connectivity index (χ3n) is 3.10. The van der Waals surface area contributed by atoms with E-state index in [2.05, 4.69) is 16.0 Å².